The lowest BCUT2D eigenvalue weighted by molar-refractivity contribution is 0.0304. The van der Waals surface area contributed by atoms with E-state index in [9.17, 15) is 4.79 Å². The lowest BCUT2D eigenvalue weighted by atomic mass is 9.99. The number of hydrogen-bond donors (Lipinski definition) is 0. The summed E-state index contributed by atoms with van der Waals surface area (Å²) in [6.07, 6.45) is 0. The highest BCUT2D eigenvalue weighted by Gasteiger charge is 2.21. The van der Waals surface area contributed by atoms with Crippen molar-refractivity contribution in [1.29, 1.82) is 0 Å². The topological polar surface area (TPSA) is 42.4 Å². The highest BCUT2D eigenvalue weighted by Crippen LogP contribution is 2.27. The van der Waals surface area contributed by atoms with Crippen LogP contribution in [0, 0.1) is 0 Å². The quantitative estimate of drug-likeness (QED) is 0.691. The monoisotopic (exact) mass is 360 g/mol. The standard InChI is InChI=1S/C23H24N2O2/c1-16(2)17-7-9-18(10-8-17)22-15-20(19-5-3-4-6-21(19)24-22)23(26)25-11-13-27-14-12-25/h3-10,15-16H,11-14H2,1-2H3. The van der Waals surface area contributed by atoms with Crippen LogP contribution in [0.4, 0.5) is 0 Å². The van der Waals surface area contributed by atoms with Crippen molar-refractivity contribution in [2.75, 3.05) is 26.3 Å². The summed E-state index contributed by atoms with van der Waals surface area (Å²) in [5.74, 6) is 0.541. The molecule has 0 atom stereocenters. The molecule has 1 fully saturated rings. The molecule has 1 aliphatic rings. The number of nitrogens with zero attached hydrogens (tertiary/aromatic N) is 2. The number of carbonyl (C=O) groups excluding carboxylic acids is 1. The smallest absolute Gasteiger partial charge is 0.254 e. The molecule has 2 heterocycles. The van der Waals surface area contributed by atoms with E-state index in [1.54, 1.807) is 0 Å². The zero-order valence-corrected chi connectivity index (χ0v) is 15.8. The second kappa shape index (κ2) is 7.49. The van der Waals surface area contributed by atoms with Gasteiger partial charge in [-0.15, -0.1) is 0 Å². The van der Waals surface area contributed by atoms with E-state index in [-0.39, 0.29) is 5.91 Å². The van der Waals surface area contributed by atoms with Crippen LogP contribution in [0.15, 0.2) is 54.6 Å². The van der Waals surface area contributed by atoms with Crippen molar-refractivity contribution in [2.45, 2.75) is 19.8 Å². The number of aromatic nitrogens is 1. The van der Waals surface area contributed by atoms with E-state index in [0.717, 1.165) is 22.2 Å². The Hall–Kier alpha value is -2.72. The minimum atomic E-state index is 0.0527. The van der Waals surface area contributed by atoms with E-state index in [2.05, 4.69) is 38.1 Å². The third-order valence-electron chi connectivity index (χ3n) is 5.12. The number of carbonyl (C=O) groups is 1. The number of hydrogen-bond acceptors (Lipinski definition) is 3. The fraction of sp³-hybridized carbons (Fsp3) is 0.304. The van der Waals surface area contributed by atoms with Crippen molar-refractivity contribution < 1.29 is 9.53 Å². The maximum absolute atomic E-state index is 13.2. The molecule has 4 heteroatoms. The lowest BCUT2D eigenvalue weighted by Crippen LogP contribution is -2.40. The van der Waals surface area contributed by atoms with Gasteiger partial charge in [0, 0.05) is 24.0 Å². The van der Waals surface area contributed by atoms with Gasteiger partial charge in [0.1, 0.15) is 0 Å². The van der Waals surface area contributed by atoms with Gasteiger partial charge in [0.2, 0.25) is 0 Å². The van der Waals surface area contributed by atoms with Crippen LogP contribution in [0.2, 0.25) is 0 Å². The molecule has 0 unspecified atom stereocenters. The van der Waals surface area contributed by atoms with Crippen LogP contribution < -0.4 is 0 Å². The Morgan fingerprint density at radius 1 is 1.04 bits per heavy atom. The maximum atomic E-state index is 13.2. The Kier molecular flexibility index (Phi) is 4.90. The zero-order valence-electron chi connectivity index (χ0n) is 15.8. The largest absolute Gasteiger partial charge is 0.378 e. The number of ether oxygens (including phenoxy) is 1. The zero-order chi connectivity index (χ0) is 18.8. The van der Waals surface area contributed by atoms with E-state index < -0.39 is 0 Å². The Morgan fingerprint density at radius 3 is 2.44 bits per heavy atom. The minimum Gasteiger partial charge on any atom is -0.378 e. The van der Waals surface area contributed by atoms with Gasteiger partial charge in [0.15, 0.2) is 0 Å². The normalized spacial score (nSPS) is 14.7. The maximum Gasteiger partial charge on any atom is 0.254 e. The molecule has 2 aromatic carbocycles. The average molecular weight is 360 g/mol. The first kappa shape index (κ1) is 17.7. The molecule has 4 rings (SSSR count). The van der Waals surface area contributed by atoms with Crippen molar-refractivity contribution in [3.05, 3.63) is 65.7 Å². The van der Waals surface area contributed by atoms with Crippen LogP contribution >= 0.6 is 0 Å². The van der Waals surface area contributed by atoms with Crippen LogP contribution in [0.5, 0.6) is 0 Å². The summed E-state index contributed by atoms with van der Waals surface area (Å²) in [5.41, 5.74) is 4.72. The second-order valence-electron chi connectivity index (χ2n) is 7.25. The molecule has 138 valence electrons. The van der Waals surface area contributed by atoms with Crippen LogP contribution in [-0.4, -0.2) is 42.1 Å². The molecule has 1 amide bonds. The van der Waals surface area contributed by atoms with Crippen molar-refractivity contribution >= 4 is 16.8 Å². The van der Waals surface area contributed by atoms with Gasteiger partial charge < -0.3 is 9.64 Å². The molecule has 0 saturated carbocycles. The van der Waals surface area contributed by atoms with E-state index in [1.807, 2.05) is 35.2 Å². The minimum absolute atomic E-state index is 0.0527. The molecular formula is C23H24N2O2. The molecule has 27 heavy (non-hydrogen) atoms. The van der Waals surface area contributed by atoms with E-state index in [0.29, 0.717) is 37.8 Å². The molecule has 3 aromatic rings. The lowest BCUT2D eigenvalue weighted by Gasteiger charge is -2.27. The van der Waals surface area contributed by atoms with Gasteiger partial charge in [-0.25, -0.2) is 4.98 Å². The molecule has 1 aromatic heterocycles. The summed E-state index contributed by atoms with van der Waals surface area (Å²) in [5, 5.41) is 0.900. The van der Waals surface area contributed by atoms with Gasteiger partial charge in [-0.05, 0) is 23.6 Å². The molecule has 1 aliphatic heterocycles. The van der Waals surface area contributed by atoms with Crippen LogP contribution in [0.3, 0.4) is 0 Å². The van der Waals surface area contributed by atoms with Crippen LogP contribution in [0.1, 0.15) is 35.7 Å². The first-order valence-corrected chi connectivity index (χ1v) is 9.50. The van der Waals surface area contributed by atoms with Gasteiger partial charge >= 0.3 is 0 Å². The molecule has 0 N–H and O–H groups in total. The summed E-state index contributed by atoms with van der Waals surface area (Å²) in [7, 11) is 0. The molecule has 1 saturated heterocycles. The molecule has 4 nitrogen and oxygen atoms in total. The predicted octanol–water partition coefficient (Wildman–Crippen LogP) is 4.50. The Morgan fingerprint density at radius 2 is 1.74 bits per heavy atom. The molecule has 0 bridgehead atoms. The van der Waals surface area contributed by atoms with E-state index in [4.69, 9.17) is 9.72 Å². The third kappa shape index (κ3) is 3.58. The number of para-hydroxylation sites is 1. The summed E-state index contributed by atoms with van der Waals surface area (Å²) in [4.78, 5) is 19.9. The van der Waals surface area contributed by atoms with Crippen molar-refractivity contribution in [2.24, 2.45) is 0 Å². The second-order valence-corrected chi connectivity index (χ2v) is 7.25. The first-order valence-electron chi connectivity index (χ1n) is 9.50. The predicted molar refractivity (Wildman–Crippen MR) is 108 cm³/mol. The number of rotatable bonds is 3. The van der Waals surface area contributed by atoms with Gasteiger partial charge in [-0.1, -0.05) is 56.3 Å². The summed E-state index contributed by atoms with van der Waals surface area (Å²) in [6, 6.07) is 18.3. The summed E-state index contributed by atoms with van der Waals surface area (Å²) < 4.78 is 5.39. The first-order chi connectivity index (χ1) is 13.1. The molecule has 0 aliphatic carbocycles. The van der Waals surface area contributed by atoms with Gasteiger partial charge in [-0.3, -0.25) is 4.79 Å². The van der Waals surface area contributed by atoms with Crippen molar-refractivity contribution in [3.63, 3.8) is 0 Å². The summed E-state index contributed by atoms with van der Waals surface area (Å²) >= 11 is 0. The number of morpholine rings is 1. The van der Waals surface area contributed by atoms with E-state index in [1.165, 1.54) is 5.56 Å². The molecular weight excluding hydrogens is 336 g/mol. The Bertz CT molecular complexity index is 958. The Balaban J connectivity index is 1.79. The molecule has 0 radical (unpaired) electrons. The highest BCUT2D eigenvalue weighted by atomic mass is 16.5. The van der Waals surface area contributed by atoms with Crippen LogP contribution in [0.25, 0.3) is 22.2 Å². The average Bonchev–Trinajstić information content (AvgIpc) is 2.73. The fourth-order valence-electron chi connectivity index (χ4n) is 3.48. The van der Waals surface area contributed by atoms with Gasteiger partial charge in [0.05, 0.1) is 30.0 Å². The fourth-order valence-corrected chi connectivity index (χ4v) is 3.48. The SMILES string of the molecule is CC(C)c1ccc(-c2cc(C(=O)N3CCOCC3)c3ccccc3n2)cc1. The number of amides is 1. The van der Waals surface area contributed by atoms with E-state index >= 15 is 0 Å². The number of pyridine rings is 1. The number of benzene rings is 2. The molecule has 0 spiro atoms. The van der Waals surface area contributed by atoms with Crippen molar-refractivity contribution in [1.82, 2.24) is 9.88 Å². The highest BCUT2D eigenvalue weighted by molar-refractivity contribution is 6.07. The summed E-state index contributed by atoms with van der Waals surface area (Å²) in [6.45, 7) is 6.82. The van der Waals surface area contributed by atoms with Gasteiger partial charge in [0.25, 0.3) is 5.91 Å². The van der Waals surface area contributed by atoms with Crippen molar-refractivity contribution in [3.8, 4) is 11.3 Å². The Labute approximate surface area is 159 Å². The van der Waals surface area contributed by atoms with Crippen LogP contribution in [-0.2, 0) is 4.74 Å². The van der Waals surface area contributed by atoms with Gasteiger partial charge in [-0.2, -0.15) is 0 Å². The third-order valence-corrected chi connectivity index (χ3v) is 5.12. The number of fused-ring (bicyclic) bond motifs is 1.